The average molecular weight is 501 g/mol. The summed E-state index contributed by atoms with van der Waals surface area (Å²) >= 11 is 6.54. The van der Waals surface area contributed by atoms with E-state index in [2.05, 4.69) is 15.1 Å². The van der Waals surface area contributed by atoms with Crippen LogP contribution in [0.25, 0.3) is 27.9 Å². The zero-order valence-corrected chi connectivity index (χ0v) is 20.1. The lowest BCUT2D eigenvalue weighted by Crippen LogP contribution is -2.36. The second kappa shape index (κ2) is 9.20. The molecule has 0 radical (unpaired) electrons. The number of anilines is 1. The summed E-state index contributed by atoms with van der Waals surface area (Å²) in [6.45, 7) is 2.39. The van der Waals surface area contributed by atoms with Gasteiger partial charge in [0.25, 0.3) is 5.91 Å². The second-order valence-electron chi connectivity index (χ2n) is 8.73. The van der Waals surface area contributed by atoms with Gasteiger partial charge in [0.05, 0.1) is 10.5 Å². The highest BCUT2D eigenvalue weighted by Gasteiger charge is 2.25. The number of nitrogens with zero attached hydrogens (tertiary/aromatic N) is 6. The minimum Gasteiger partial charge on any atom is -0.340 e. The molecule has 1 saturated heterocycles. The van der Waals surface area contributed by atoms with E-state index < -0.39 is 0 Å². The fourth-order valence-electron chi connectivity index (χ4n) is 4.69. The molecular weight excluding hydrogens is 479 g/mol. The Morgan fingerprint density at radius 2 is 1.64 bits per heavy atom. The van der Waals surface area contributed by atoms with Crippen molar-refractivity contribution in [3.63, 3.8) is 0 Å². The van der Waals surface area contributed by atoms with Crippen molar-refractivity contribution < 1.29 is 9.18 Å². The topological polar surface area (TPSA) is 66.6 Å². The van der Waals surface area contributed by atoms with Crippen LogP contribution < -0.4 is 4.90 Å². The molecule has 3 heterocycles. The normalized spacial score (nSPS) is 14.4. The van der Waals surface area contributed by atoms with E-state index in [1.807, 2.05) is 57.8 Å². The number of amides is 1. The van der Waals surface area contributed by atoms with Crippen LogP contribution in [0, 0.1) is 5.82 Å². The number of fused-ring (bicyclic) bond motifs is 3. The van der Waals surface area contributed by atoms with Crippen molar-refractivity contribution in [1.29, 1.82) is 0 Å². The van der Waals surface area contributed by atoms with E-state index in [9.17, 15) is 9.18 Å². The van der Waals surface area contributed by atoms with Crippen LogP contribution in [0.4, 0.5) is 10.3 Å². The van der Waals surface area contributed by atoms with Gasteiger partial charge in [-0.3, -0.25) is 4.79 Å². The molecule has 1 amide bonds. The summed E-state index contributed by atoms with van der Waals surface area (Å²) in [5.41, 5.74) is 2.78. The first-order valence-electron chi connectivity index (χ1n) is 11.8. The number of para-hydroxylation sites is 1. The van der Waals surface area contributed by atoms with Crippen LogP contribution in [0.3, 0.4) is 0 Å². The number of carbonyl (C=O) groups excluding carboxylic acids is 1. The van der Waals surface area contributed by atoms with Crippen LogP contribution in [-0.4, -0.2) is 56.6 Å². The highest BCUT2D eigenvalue weighted by molar-refractivity contribution is 6.33. The zero-order chi connectivity index (χ0) is 24.6. The van der Waals surface area contributed by atoms with Crippen molar-refractivity contribution in [3.8, 4) is 11.4 Å². The molecule has 36 heavy (non-hydrogen) atoms. The lowest BCUT2D eigenvalue weighted by Gasteiger charge is -2.24. The molecule has 6 rings (SSSR count). The van der Waals surface area contributed by atoms with Crippen LogP contribution in [0.1, 0.15) is 16.8 Å². The summed E-state index contributed by atoms with van der Waals surface area (Å²) in [5.74, 6) is 0.866. The number of hydrogen-bond acceptors (Lipinski definition) is 5. The molecule has 0 atom stereocenters. The van der Waals surface area contributed by atoms with Gasteiger partial charge < -0.3 is 9.80 Å². The maximum atomic E-state index is 13.3. The van der Waals surface area contributed by atoms with Gasteiger partial charge in [0, 0.05) is 42.7 Å². The van der Waals surface area contributed by atoms with Gasteiger partial charge in [-0.1, -0.05) is 35.9 Å². The highest BCUT2D eigenvalue weighted by atomic mass is 35.5. The number of aromatic nitrogens is 4. The first-order chi connectivity index (χ1) is 17.6. The van der Waals surface area contributed by atoms with E-state index in [1.54, 1.807) is 0 Å². The Morgan fingerprint density at radius 3 is 2.47 bits per heavy atom. The summed E-state index contributed by atoms with van der Waals surface area (Å²) < 4.78 is 15.3. The molecule has 9 heteroatoms. The average Bonchev–Trinajstić information content (AvgIpc) is 3.19. The lowest BCUT2D eigenvalue weighted by atomic mass is 10.2. The molecule has 0 aliphatic carbocycles. The predicted molar refractivity (Wildman–Crippen MR) is 138 cm³/mol. The molecule has 0 bridgehead atoms. The van der Waals surface area contributed by atoms with Crippen molar-refractivity contribution in [3.05, 3.63) is 89.2 Å². The number of benzene rings is 3. The van der Waals surface area contributed by atoms with Crippen molar-refractivity contribution in [1.82, 2.24) is 24.5 Å². The Morgan fingerprint density at radius 1 is 0.861 bits per heavy atom. The molecule has 1 aliphatic rings. The van der Waals surface area contributed by atoms with E-state index in [4.69, 9.17) is 16.6 Å². The smallest absolute Gasteiger partial charge is 0.253 e. The van der Waals surface area contributed by atoms with Gasteiger partial charge in [-0.15, -0.1) is 10.2 Å². The van der Waals surface area contributed by atoms with Gasteiger partial charge in [-0.2, -0.15) is 0 Å². The van der Waals surface area contributed by atoms with Crippen molar-refractivity contribution in [2.24, 2.45) is 0 Å². The summed E-state index contributed by atoms with van der Waals surface area (Å²) in [5, 5.41) is 10.5. The van der Waals surface area contributed by atoms with Crippen LogP contribution in [0.5, 0.6) is 0 Å². The molecule has 1 fully saturated rings. The molecule has 0 N–H and O–H groups in total. The fraction of sp³-hybridized carbons (Fsp3) is 0.185. The molecular formula is C27H22ClFN6O. The van der Waals surface area contributed by atoms with Crippen LogP contribution in [-0.2, 0) is 0 Å². The third kappa shape index (κ3) is 3.93. The van der Waals surface area contributed by atoms with Gasteiger partial charge in [-0.05, 0) is 55.0 Å². The van der Waals surface area contributed by atoms with Crippen molar-refractivity contribution in [2.75, 3.05) is 31.1 Å². The highest BCUT2D eigenvalue weighted by Crippen LogP contribution is 2.32. The van der Waals surface area contributed by atoms with E-state index in [-0.39, 0.29) is 11.7 Å². The Hall–Kier alpha value is -4.04. The molecule has 5 aromatic rings. The van der Waals surface area contributed by atoms with Gasteiger partial charge in [0.1, 0.15) is 5.82 Å². The minimum atomic E-state index is -0.358. The summed E-state index contributed by atoms with van der Waals surface area (Å²) in [6, 6.07) is 21.1. The van der Waals surface area contributed by atoms with Crippen LogP contribution >= 0.6 is 11.6 Å². The summed E-state index contributed by atoms with van der Waals surface area (Å²) in [4.78, 5) is 22.1. The largest absolute Gasteiger partial charge is 0.340 e. The minimum absolute atomic E-state index is 0.102. The van der Waals surface area contributed by atoms with Crippen LogP contribution in [0.15, 0.2) is 72.8 Å². The fourth-order valence-corrected chi connectivity index (χ4v) is 4.91. The molecule has 0 unspecified atom stereocenters. The molecule has 0 saturated carbocycles. The van der Waals surface area contributed by atoms with Crippen molar-refractivity contribution in [2.45, 2.75) is 6.42 Å². The van der Waals surface area contributed by atoms with Gasteiger partial charge in [-0.25, -0.2) is 13.8 Å². The Kier molecular flexibility index (Phi) is 5.73. The van der Waals surface area contributed by atoms with Crippen molar-refractivity contribution >= 4 is 40.0 Å². The quantitative estimate of drug-likeness (QED) is 0.345. The molecule has 180 valence electrons. The third-order valence-corrected chi connectivity index (χ3v) is 6.83. The Balaban J connectivity index is 1.41. The number of hydrogen-bond donors (Lipinski definition) is 0. The van der Waals surface area contributed by atoms with Gasteiger partial charge >= 0.3 is 0 Å². The summed E-state index contributed by atoms with van der Waals surface area (Å²) in [7, 11) is 0. The molecule has 3 aromatic carbocycles. The van der Waals surface area contributed by atoms with Gasteiger partial charge in [0.15, 0.2) is 11.5 Å². The molecule has 2 aromatic heterocycles. The van der Waals surface area contributed by atoms with E-state index in [0.717, 1.165) is 22.9 Å². The van der Waals surface area contributed by atoms with E-state index >= 15 is 0 Å². The number of carbonyl (C=O) groups is 1. The van der Waals surface area contributed by atoms with E-state index in [0.29, 0.717) is 54.2 Å². The SMILES string of the molecule is O=C(c1ccc(F)cc1)N1CCCN(c2nc3ccccc3c3nnc(-c4ccccc4Cl)n23)CC1. The molecule has 1 aliphatic heterocycles. The monoisotopic (exact) mass is 500 g/mol. The second-order valence-corrected chi connectivity index (χ2v) is 9.14. The Bertz CT molecular complexity index is 1590. The molecule has 7 nitrogen and oxygen atoms in total. The first-order valence-corrected chi connectivity index (χ1v) is 12.2. The zero-order valence-electron chi connectivity index (χ0n) is 19.3. The van der Waals surface area contributed by atoms with Gasteiger partial charge in [0.2, 0.25) is 5.95 Å². The predicted octanol–water partition coefficient (Wildman–Crippen LogP) is 5.09. The number of halogens is 2. The third-order valence-electron chi connectivity index (χ3n) is 6.50. The molecule has 0 spiro atoms. The lowest BCUT2D eigenvalue weighted by molar-refractivity contribution is 0.0767. The maximum absolute atomic E-state index is 13.3. The van der Waals surface area contributed by atoms with Crippen LogP contribution in [0.2, 0.25) is 5.02 Å². The Labute approximate surface area is 211 Å². The first kappa shape index (κ1) is 22.4. The summed E-state index contributed by atoms with van der Waals surface area (Å²) in [6.07, 6.45) is 0.756. The number of rotatable bonds is 3. The van der Waals surface area contributed by atoms with E-state index in [1.165, 1.54) is 24.3 Å². The standard InChI is InChI=1S/C27H22ClFN6O/c28-22-8-3-1-6-20(22)24-31-32-25-21-7-2-4-9-23(21)30-27(35(24)25)34-15-5-14-33(16-17-34)26(36)18-10-12-19(29)13-11-18/h1-4,6-13H,5,14-17H2. The maximum Gasteiger partial charge on any atom is 0.253 e.